The molecule has 3 aliphatic heterocycles. The van der Waals surface area contributed by atoms with E-state index in [2.05, 4.69) is 16.2 Å². The van der Waals surface area contributed by atoms with Crippen molar-refractivity contribution in [3.63, 3.8) is 0 Å². The van der Waals surface area contributed by atoms with Crippen LogP contribution in [0.5, 0.6) is 0 Å². The van der Waals surface area contributed by atoms with Crippen LogP contribution in [-0.2, 0) is 4.79 Å². The molecule has 3 saturated heterocycles. The molecule has 10 heteroatoms. The van der Waals surface area contributed by atoms with Crippen LogP contribution in [0.1, 0.15) is 28.2 Å². The van der Waals surface area contributed by atoms with Crippen molar-refractivity contribution in [3.8, 4) is 6.07 Å². The van der Waals surface area contributed by atoms with Gasteiger partial charge in [0.05, 0.1) is 28.9 Å². The van der Waals surface area contributed by atoms with Crippen LogP contribution in [-0.4, -0.2) is 62.5 Å². The van der Waals surface area contributed by atoms with E-state index in [9.17, 15) is 19.6 Å². The minimum absolute atomic E-state index is 0.194. The van der Waals surface area contributed by atoms with Crippen molar-refractivity contribution in [1.29, 1.82) is 5.26 Å². The third-order valence-electron chi connectivity index (χ3n) is 6.48. The molecule has 0 saturated carbocycles. The molecule has 6 rings (SSSR count). The van der Waals surface area contributed by atoms with Crippen LogP contribution in [0.15, 0.2) is 41.1 Å². The zero-order valence-corrected chi connectivity index (χ0v) is 16.9. The van der Waals surface area contributed by atoms with Crippen molar-refractivity contribution in [2.24, 2.45) is 0 Å². The maximum absolute atomic E-state index is 13.5. The highest BCUT2D eigenvalue weighted by atomic mass is 16.5. The second kappa shape index (κ2) is 6.37. The fourth-order valence-electron chi connectivity index (χ4n) is 5.17. The van der Waals surface area contributed by atoms with E-state index >= 15 is 0 Å². The largest absolute Gasteiger partial charge is 0.361 e. The highest BCUT2D eigenvalue weighted by Crippen LogP contribution is 2.44. The Morgan fingerprint density at radius 3 is 2.88 bits per heavy atom. The summed E-state index contributed by atoms with van der Waals surface area (Å²) in [6, 6.07) is 8.43. The first-order chi connectivity index (χ1) is 15.5. The first-order valence-electron chi connectivity index (χ1n) is 10.2. The van der Waals surface area contributed by atoms with Crippen LogP contribution in [0, 0.1) is 18.3 Å². The summed E-state index contributed by atoms with van der Waals surface area (Å²) in [7, 11) is 0. The van der Waals surface area contributed by atoms with E-state index < -0.39 is 18.1 Å². The van der Waals surface area contributed by atoms with Gasteiger partial charge in [-0.1, -0.05) is 5.16 Å². The summed E-state index contributed by atoms with van der Waals surface area (Å²) in [6.07, 6.45) is 2.11. The summed E-state index contributed by atoms with van der Waals surface area (Å²) in [5.41, 5.74) is 1.38. The zero-order chi connectivity index (χ0) is 22.1. The molecule has 3 fully saturated rings. The van der Waals surface area contributed by atoms with E-state index in [1.54, 1.807) is 53.3 Å². The quantitative estimate of drug-likeness (QED) is 0.571. The topological polar surface area (TPSA) is 124 Å². The third kappa shape index (κ3) is 2.30. The summed E-state index contributed by atoms with van der Waals surface area (Å²) in [5, 5.41) is 13.7. The molecule has 3 aromatic rings. The standard InChI is InChI=1S/C22H16N6O4/c1-11-7-15(25-32-11)20(29)26-10-13-8-17(26)19-21(30)28(22(31)27(13)19)16-5-4-12(9-23)18-14(16)3-2-6-24-18/h2-7,13,17,19H,8,10H2,1H3/t13-,17?,19+/m1/s1. The lowest BCUT2D eigenvalue weighted by Crippen LogP contribution is -2.54. The fraction of sp³-hybridized carbons (Fsp3) is 0.273. The molecule has 2 bridgehead atoms. The highest BCUT2D eigenvalue weighted by Gasteiger charge is 2.63. The van der Waals surface area contributed by atoms with Crippen molar-refractivity contribution in [2.45, 2.75) is 31.5 Å². The number of fused-ring (bicyclic) bond motifs is 6. The number of amides is 4. The summed E-state index contributed by atoms with van der Waals surface area (Å²) in [6.45, 7) is 2.05. The van der Waals surface area contributed by atoms with Crippen LogP contribution < -0.4 is 4.90 Å². The van der Waals surface area contributed by atoms with E-state index in [1.165, 1.54) is 0 Å². The number of aromatic nitrogens is 2. The van der Waals surface area contributed by atoms with Gasteiger partial charge in [-0.05, 0) is 37.6 Å². The maximum atomic E-state index is 13.5. The number of pyridine rings is 1. The van der Waals surface area contributed by atoms with Gasteiger partial charge in [0.2, 0.25) is 0 Å². The first-order valence-corrected chi connectivity index (χ1v) is 10.2. The Morgan fingerprint density at radius 2 is 2.12 bits per heavy atom. The molecule has 3 aliphatic rings. The molecule has 0 radical (unpaired) electrons. The first kappa shape index (κ1) is 18.5. The molecular formula is C22H16N6O4. The van der Waals surface area contributed by atoms with Gasteiger partial charge in [0, 0.05) is 24.2 Å². The number of imide groups is 1. The number of nitriles is 1. The number of urea groups is 1. The van der Waals surface area contributed by atoms with E-state index in [0.717, 1.165) is 4.90 Å². The SMILES string of the molecule is Cc1cc(C(=O)N2C[C@H]3CC2[C@H]2C(=O)N(c4ccc(C#N)c5ncccc45)C(=O)N32)no1. The number of benzene rings is 1. The van der Waals surface area contributed by atoms with Gasteiger partial charge in [0.25, 0.3) is 11.8 Å². The van der Waals surface area contributed by atoms with Crippen molar-refractivity contribution < 1.29 is 18.9 Å². The lowest BCUT2D eigenvalue weighted by Gasteiger charge is -2.34. The fourth-order valence-corrected chi connectivity index (χ4v) is 5.17. The van der Waals surface area contributed by atoms with Crippen LogP contribution in [0.2, 0.25) is 0 Å². The normalized spacial score (nSPS) is 23.9. The number of aryl methyl sites for hydroxylation is 1. The van der Waals surface area contributed by atoms with Crippen molar-refractivity contribution >= 4 is 34.4 Å². The van der Waals surface area contributed by atoms with Crippen molar-refractivity contribution in [3.05, 3.63) is 53.5 Å². The van der Waals surface area contributed by atoms with Crippen LogP contribution >= 0.6 is 0 Å². The molecular weight excluding hydrogens is 412 g/mol. The molecule has 0 aliphatic carbocycles. The zero-order valence-electron chi connectivity index (χ0n) is 16.9. The second-order valence-corrected chi connectivity index (χ2v) is 8.19. The molecule has 32 heavy (non-hydrogen) atoms. The van der Waals surface area contributed by atoms with E-state index in [1.807, 2.05) is 0 Å². The molecule has 5 heterocycles. The van der Waals surface area contributed by atoms with Crippen LogP contribution in [0.3, 0.4) is 0 Å². The molecule has 0 N–H and O–H groups in total. The summed E-state index contributed by atoms with van der Waals surface area (Å²) in [4.78, 5) is 48.4. The molecule has 1 unspecified atom stereocenters. The third-order valence-corrected chi connectivity index (χ3v) is 6.48. The molecule has 4 amide bonds. The average Bonchev–Trinajstić information content (AvgIpc) is 3.56. The lowest BCUT2D eigenvalue weighted by atomic mass is 10.1. The average molecular weight is 428 g/mol. The Kier molecular flexibility index (Phi) is 3.68. The summed E-state index contributed by atoms with van der Waals surface area (Å²) in [5.74, 6) is -0.161. The minimum Gasteiger partial charge on any atom is -0.361 e. The van der Waals surface area contributed by atoms with Gasteiger partial charge in [-0.3, -0.25) is 14.6 Å². The van der Waals surface area contributed by atoms with Gasteiger partial charge in [-0.15, -0.1) is 0 Å². The number of hydrogen-bond donors (Lipinski definition) is 0. The van der Waals surface area contributed by atoms with E-state index in [4.69, 9.17) is 4.52 Å². The highest BCUT2D eigenvalue weighted by molar-refractivity contribution is 6.25. The molecule has 0 spiro atoms. The molecule has 10 nitrogen and oxygen atoms in total. The van der Waals surface area contributed by atoms with Gasteiger partial charge in [-0.25, -0.2) is 9.69 Å². The number of carbonyl (C=O) groups is 3. The number of likely N-dealkylation sites (tertiary alicyclic amines) is 1. The number of rotatable bonds is 2. The van der Waals surface area contributed by atoms with E-state index in [0.29, 0.717) is 40.9 Å². The molecule has 158 valence electrons. The van der Waals surface area contributed by atoms with Gasteiger partial charge < -0.3 is 14.3 Å². The summed E-state index contributed by atoms with van der Waals surface area (Å²) < 4.78 is 5.02. The predicted octanol–water partition coefficient (Wildman–Crippen LogP) is 1.84. The van der Waals surface area contributed by atoms with Gasteiger partial charge >= 0.3 is 6.03 Å². The Hall–Kier alpha value is -4.26. The van der Waals surface area contributed by atoms with Crippen molar-refractivity contribution in [2.75, 3.05) is 11.4 Å². The smallest absolute Gasteiger partial charge is 0.332 e. The Labute approximate surface area is 181 Å². The van der Waals surface area contributed by atoms with Crippen LogP contribution in [0.25, 0.3) is 10.9 Å². The number of hydrogen-bond acceptors (Lipinski definition) is 7. The van der Waals surface area contributed by atoms with Gasteiger partial charge in [0.1, 0.15) is 17.9 Å². The van der Waals surface area contributed by atoms with Gasteiger partial charge in [-0.2, -0.15) is 5.26 Å². The van der Waals surface area contributed by atoms with Gasteiger partial charge in [0.15, 0.2) is 5.69 Å². The Balaban J connectivity index is 1.38. The van der Waals surface area contributed by atoms with Crippen LogP contribution in [0.4, 0.5) is 10.5 Å². The predicted molar refractivity (Wildman–Crippen MR) is 109 cm³/mol. The number of anilines is 1. The minimum atomic E-state index is -0.749. The van der Waals surface area contributed by atoms with Crippen molar-refractivity contribution in [1.82, 2.24) is 19.9 Å². The monoisotopic (exact) mass is 428 g/mol. The van der Waals surface area contributed by atoms with E-state index in [-0.39, 0.29) is 23.6 Å². The number of piperazine rings is 1. The molecule has 3 atom stereocenters. The lowest BCUT2D eigenvalue weighted by molar-refractivity contribution is -0.121. The number of nitrogens with zero attached hydrogens (tertiary/aromatic N) is 6. The maximum Gasteiger partial charge on any atom is 0.332 e. The Bertz CT molecular complexity index is 1370. The number of carbonyl (C=O) groups excluding carboxylic acids is 3. The molecule has 2 aromatic heterocycles. The summed E-state index contributed by atoms with van der Waals surface area (Å²) >= 11 is 0. The molecule has 1 aromatic carbocycles. The Morgan fingerprint density at radius 1 is 1.28 bits per heavy atom. The second-order valence-electron chi connectivity index (χ2n) is 8.19.